The molecule has 7 heteroatoms. The number of nitro benzene ring substituents is 1. The number of benzene rings is 2. The van der Waals surface area contributed by atoms with Crippen molar-refractivity contribution in [2.75, 3.05) is 6.61 Å². The maximum absolute atomic E-state index is 12.5. The van der Waals surface area contributed by atoms with Crippen LogP contribution >= 0.6 is 0 Å². The predicted octanol–water partition coefficient (Wildman–Crippen LogP) is 2.29. The van der Waals surface area contributed by atoms with Crippen molar-refractivity contribution in [3.8, 4) is 5.75 Å². The van der Waals surface area contributed by atoms with E-state index in [9.17, 15) is 19.7 Å². The van der Waals surface area contributed by atoms with Crippen LogP contribution in [0.5, 0.6) is 5.75 Å². The molecule has 112 valence electrons. The standard InChI is InChI=1S/C15H11NO6/c17-14(18)9-22-13-8-4-2-6-11(13)15(19)10-5-1-3-7-12(10)16(20)21/h1-8H,9H2,(H,17,18). The number of nitrogens with zero attached hydrogens (tertiary/aromatic N) is 1. The monoisotopic (exact) mass is 301 g/mol. The van der Waals surface area contributed by atoms with Crippen LogP contribution in [0.3, 0.4) is 0 Å². The van der Waals surface area contributed by atoms with Crippen LogP contribution in [-0.4, -0.2) is 28.4 Å². The highest BCUT2D eigenvalue weighted by Crippen LogP contribution is 2.26. The zero-order valence-electron chi connectivity index (χ0n) is 11.3. The molecule has 0 heterocycles. The molecule has 2 rings (SSSR count). The molecule has 0 radical (unpaired) electrons. The van der Waals surface area contributed by atoms with E-state index in [0.29, 0.717) is 0 Å². The largest absolute Gasteiger partial charge is 0.481 e. The summed E-state index contributed by atoms with van der Waals surface area (Å²) >= 11 is 0. The summed E-state index contributed by atoms with van der Waals surface area (Å²) in [7, 11) is 0. The second kappa shape index (κ2) is 6.49. The summed E-state index contributed by atoms with van der Waals surface area (Å²) in [6.07, 6.45) is 0. The number of hydrogen-bond donors (Lipinski definition) is 1. The van der Waals surface area contributed by atoms with Crippen molar-refractivity contribution in [2.45, 2.75) is 0 Å². The fourth-order valence-corrected chi connectivity index (χ4v) is 1.89. The predicted molar refractivity (Wildman–Crippen MR) is 76.1 cm³/mol. The quantitative estimate of drug-likeness (QED) is 0.498. The van der Waals surface area contributed by atoms with E-state index >= 15 is 0 Å². The van der Waals surface area contributed by atoms with Crippen LogP contribution < -0.4 is 4.74 Å². The molecule has 0 aliphatic carbocycles. The van der Waals surface area contributed by atoms with Gasteiger partial charge in [-0.15, -0.1) is 0 Å². The van der Waals surface area contributed by atoms with Crippen molar-refractivity contribution in [2.24, 2.45) is 0 Å². The molecule has 0 bridgehead atoms. The van der Waals surface area contributed by atoms with Crippen LogP contribution in [-0.2, 0) is 4.79 Å². The number of aliphatic carboxylic acids is 1. The van der Waals surface area contributed by atoms with Crippen molar-refractivity contribution in [1.82, 2.24) is 0 Å². The molecule has 2 aromatic rings. The zero-order valence-corrected chi connectivity index (χ0v) is 11.3. The Hall–Kier alpha value is -3.22. The molecule has 7 nitrogen and oxygen atoms in total. The highest BCUT2D eigenvalue weighted by molar-refractivity contribution is 6.13. The van der Waals surface area contributed by atoms with E-state index in [4.69, 9.17) is 9.84 Å². The van der Waals surface area contributed by atoms with Gasteiger partial charge in [0.05, 0.1) is 10.5 Å². The van der Waals surface area contributed by atoms with Gasteiger partial charge in [0.2, 0.25) is 5.78 Å². The van der Waals surface area contributed by atoms with Gasteiger partial charge in [-0.05, 0) is 18.2 Å². The van der Waals surface area contributed by atoms with Crippen molar-refractivity contribution in [3.05, 3.63) is 69.8 Å². The summed E-state index contributed by atoms with van der Waals surface area (Å²) in [5, 5.41) is 19.6. The van der Waals surface area contributed by atoms with Crippen LogP contribution in [0.2, 0.25) is 0 Å². The lowest BCUT2D eigenvalue weighted by molar-refractivity contribution is -0.385. The minimum Gasteiger partial charge on any atom is -0.481 e. The summed E-state index contributed by atoms with van der Waals surface area (Å²) in [4.78, 5) is 33.4. The third-order valence-electron chi connectivity index (χ3n) is 2.83. The van der Waals surface area contributed by atoms with Gasteiger partial charge in [-0.1, -0.05) is 24.3 Å². The number of para-hydroxylation sites is 2. The lowest BCUT2D eigenvalue weighted by Crippen LogP contribution is -2.13. The van der Waals surface area contributed by atoms with Crippen molar-refractivity contribution < 1.29 is 24.4 Å². The summed E-state index contributed by atoms with van der Waals surface area (Å²) < 4.78 is 5.05. The molecule has 0 aromatic heterocycles. The summed E-state index contributed by atoms with van der Waals surface area (Å²) in [5.41, 5.74) is -0.336. The average molecular weight is 301 g/mol. The Bertz CT molecular complexity index is 740. The molecule has 2 aromatic carbocycles. The zero-order chi connectivity index (χ0) is 16.1. The molecular weight excluding hydrogens is 290 g/mol. The van der Waals surface area contributed by atoms with Gasteiger partial charge in [-0.25, -0.2) is 4.79 Å². The van der Waals surface area contributed by atoms with Crippen molar-refractivity contribution >= 4 is 17.4 Å². The van der Waals surface area contributed by atoms with Gasteiger partial charge in [0.15, 0.2) is 6.61 Å². The van der Waals surface area contributed by atoms with E-state index < -0.39 is 23.3 Å². The van der Waals surface area contributed by atoms with Crippen LogP contribution in [0, 0.1) is 10.1 Å². The molecule has 0 saturated carbocycles. The number of rotatable bonds is 6. The molecule has 0 aliphatic heterocycles. The van der Waals surface area contributed by atoms with Crippen LogP contribution in [0.15, 0.2) is 48.5 Å². The molecule has 0 amide bonds. The first kappa shape index (κ1) is 15.2. The van der Waals surface area contributed by atoms with Crippen LogP contribution in [0.25, 0.3) is 0 Å². The summed E-state index contributed by atoms with van der Waals surface area (Å²) in [6, 6.07) is 11.6. The third-order valence-corrected chi connectivity index (χ3v) is 2.83. The van der Waals surface area contributed by atoms with E-state index in [1.54, 1.807) is 12.1 Å². The number of hydrogen-bond acceptors (Lipinski definition) is 5. The minimum absolute atomic E-state index is 0.0630. The molecule has 0 aliphatic rings. The number of carboxylic acids is 1. The van der Waals surface area contributed by atoms with E-state index in [1.807, 2.05) is 0 Å². The lowest BCUT2D eigenvalue weighted by atomic mass is 10.0. The number of ether oxygens (including phenoxy) is 1. The average Bonchev–Trinajstić information content (AvgIpc) is 2.52. The Morgan fingerprint density at radius 1 is 1.05 bits per heavy atom. The maximum atomic E-state index is 12.5. The van der Waals surface area contributed by atoms with Gasteiger partial charge in [0, 0.05) is 6.07 Å². The maximum Gasteiger partial charge on any atom is 0.341 e. The first-order valence-electron chi connectivity index (χ1n) is 6.22. The highest BCUT2D eigenvalue weighted by atomic mass is 16.6. The van der Waals surface area contributed by atoms with E-state index in [2.05, 4.69) is 0 Å². The number of carbonyl (C=O) groups is 2. The molecule has 0 saturated heterocycles. The number of ketones is 1. The SMILES string of the molecule is O=C(O)COc1ccccc1C(=O)c1ccccc1[N+](=O)[O-]. The smallest absolute Gasteiger partial charge is 0.341 e. The first-order valence-corrected chi connectivity index (χ1v) is 6.22. The molecule has 0 unspecified atom stereocenters. The van der Waals surface area contributed by atoms with Gasteiger partial charge in [-0.2, -0.15) is 0 Å². The Morgan fingerprint density at radius 2 is 1.64 bits per heavy atom. The van der Waals surface area contributed by atoms with Gasteiger partial charge >= 0.3 is 5.97 Å². The van der Waals surface area contributed by atoms with Crippen LogP contribution in [0.1, 0.15) is 15.9 Å². The lowest BCUT2D eigenvalue weighted by Gasteiger charge is -2.09. The number of carboxylic acid groups (broad SMARTS) is 1. The topological polar surface area (TPSA) is 107 Å². The van der Waals surface area contributed by atoms with Gasteiger partial charge in [0.1, 0.15) is 11.3 Å². The fraction of sp³-hybridized carbons (Fsp3) is 0.0667. The number of carbonyl (C=O) groups excluding carboxylic acids is 1. The molecule has 22 heavy (non-hydrogen) atoms. The normalized spacial score (nSPS) is 10.0. The molecule has 0 atom stereocenters. The van der Waals surface area contributed by atoms with Crippen LogP contribution in [0.4, 0.5) is 5.69 Å². The van der Waals surface area contributed by atoms with E-state index in [0.717, 1.165) is 0 Å². The van der Waals surface area contributed by atoms with Gasteiger partial charge < -0.3 is 9.84 Å². The number of nitro groups is 1. The first-order chi connectivity index (χ1) is 10.5. The van der Waals surface area contributed by atoms with E-state index in [1.165, 1.54) is 36.4 Å². The fourth-order valence-electron chi connectivity index (χ4n) is 1.89. The third kappa shape index (κ3) is 3.26. The second-order valence-corrected chi connectivity index (χ2v) is 4.28. The highest BCUT2D eigenvalue weighted by Gasteiger charge is 2.23. The molecule has 1 N–H and O–H groups in total. The molecule has 0 spiro atoms. The molecule has 0 fully saturated rings. The summed E-state index contributed by atoms with van der Waals surface area (Å²) in [6.45, 7) is -0.610. The Morgan fingerprint density at radius 3 is 2.27 bits per heavy atom. The summed E-state index contributed by atoms with van der Waals surface area (Å²) in [5.74, 6) is -1.73. The van der Waals surface area contributed by atoms with Crippen molar-refractivity contribution in [3.63, 3.8) is 0 Å². The minimum atomic E-state index is -1.19. The Labute approximate surface area is 124 Å². The molecular formula is C15H11NO6. The Balaban J connectivity index is 2.42. The van der Waals surface area contributed by atoms with E-state index in [-0.39, 0.29) is 22.6 Å². The second-order valence-electron chi connectivity index (χ2n) is 4.28. The van der Waals surface area contributed by atoms with Crippen molar-refractivity contribution in [1.29, 1.82) is 0 Å². The van der Waals surface area contributed by atoms with Gasteiger partial charge in [-0.3, -0.25) is 14.9 Å². The van der Waals surface area contributed by atoms with Gasteiger partial charge in [0.25, 0.3) is 5.69 Å². The Kier molecular flexibility index (Phi) is 4.47.